The van der Waals surface area contributed by atoms with Gasteiger partial charge in [0.1, 0.15) is 0 Å². The van der Waals surface area contributed by atoms with Crippen LogP contribution in [0.5, 0.6) is 0 Å². The van der Waals surface area contributed by atoms with E-state index in [9.17, 15) is 0 Å². The first-order chi connectivity index (χ1) is 4.74. The van der Waals surface area contributed by atoms with Gasteiger partial charge in [0.15, 0.2) is 5.13 Å². The summed E-state index contributed by atoms with van der Waals surface area (Å²) in [4.78, 5) is 4.34. The van der Waals surface area contributed by atoms with Crippen LogP contribution in [0.1, 0.15) is 25.5 Å². The number of thiazole rings is 1. The van der Waals surface area contributed by atoms with E-state index in [2.05, 4.69) is 29.5 Å². The number of hydrogen-bond acceptors (Lipinski definition) is 3. The number of nitrogens with zero attached hydrogens (tertiary/aromatic N) is 1. The summed E-state index contributed by atoms with van der Waals surface area (Å²) < 4.78 is 0. The Balaban J connectivity index is 2.78. The van der Waals surface area contributed by atoms with Gasteiger partial charge in [0, 0.05) is 12.4 Å². The van der Waals surface area contributed by atoms with E-state index in [0.29, 0.717) is 5.92 Å². The summed E-state index contributed by atoms with van der Waals surface area (Å²) in [6, 6.07) is 0. The topological polar surface area (TPSA) is 24.9 Å². The molecule has 1 heterocycles. The minimum Gasteiger partial charge on any atom is -0.365 e. The minimum absolute atomic E-state index is 0.540. The van der Waals surface area contributed by atoms with Crippen molar-refractivity contribution in [3.05, 3.63) is 11.1 Å². The van der Waals surface area contributed by atoms with Gasteiger partial charge >= 0.3 is 0 Å². The van der Waals surface area contributed by atoms with Gasteiger partial charge in [-0.1, -0.05) is 13.8 Å². The molecule has 0 spiro atoms. The molecule has 0 atom stereocenters. The fourth-order valence-corrected chi connectivity index (χ4v) is 1.50. The molecule has 0 aliphatic rings. The predicted molar refractivity (Wildman–Crippen MR) is 45.7 cm³/mol. The molecule has 0 radical (unpaired) electrons. The van der Waals surface area contributed by atoms with Gasteiger partial charge in [0.2, 0.25) is 0 Å². The maximum absolute atomic E-state index is 4.34. The average Bonchev–Trinajstić information content (AvgIpc) is 2.34. The van der Waals surface area contributed by atoms with Gasteiger partial charge in [-0.25, -0.2) is 4.98 Å². The Morgan fingerprint density at radius 1 is 1.60 bits per heavy atom. The van der Waals surface area contributed by atoms with Crippen LogP contribution >= 0.6 is 11.3 Å². The largest absolute Gasteiger partial charge is 0.365 e. The van der Waals surface area contributed by atoms with Crippen molar-refractivity contribution in [2.75, 3.05) is 12.4 Å². The Morgan fingerprint density at radius 3 is 2.60 bits per heavy atom. The highest BCUT2D eigenvalue weighted by Gasteiger charge is 2.02. The number of aromatic nitrogens is 1. The smallest absolute Gasteiger partial charge is 0.182 e. The lowest BCUT2D eigenvalue weighted by Crippen LogP contribution is -1.89. The quantitative estimate of drug-likeness (QED) is 0.710. The predicted octanol–water partition coefficient (Wildman–Crippen LogP) is 2.31. The first-order valence-electron chi connectivity index (χ1n) is 3.37. The van der Waals surface area contributed by atoms with Crippen molar-refractivity contribution in [1.29, 1.82) is 0 Å². The van der Waals surface area contributed by atoms with E-state index in [0.717, 1.165) is 5.13 Å². The van der Waals surface area contributed by atoms with Crippen LogP contribution in [0, 0.1) is 0 Å². The van der Waals surface area contributed by atoms with Crippen LogP contribution < -0.4 is 5.32 Å². The zero-order chi connectivity index (χ0) is 7.56. The van der Waals surface area contributed by atoms with Crippen molar-refractivity contribution < 1.29 is 0 Å². The lowest BCUT2D eigenvalue weighted by atomic mass is 10.2. The molecule has 0 saturated heterocycles. The fraction of sp³-hybridized carbons (Fsp3) is 0.571. The van der Waals surface area contributed by atoms with Crippen LogP contribution in [0.3, 0.4) is 0 Å². The van der Waals surface area contributed by atoms with Crippen molar-refractivity contribution in [3.8, 4) is 0 Å². The molecule has 10 heavy (non-hydrogen) atoms. The minimum atomic E-state index is 0.540. The summed E-state index contributed by atoms with van der Waals surface area (Å²) in [5, 5.41) is 6.11. The summed E-state index contributed by atoms with van der Waals surface area (Å²) in [6.07, 6.45) is 0. The van der Waals surface area contributed by atoms with E-state index < -0.39 is 0 Å². The van der Waals surface area contributed by atoms with Crippen LogP contribution in [-0.4, -0.2) is 12.0 Å². The summed E-state index contributed by atoms with van der Waals surface area (Å²) in [7, 11) is 1.89. The maximum Gasteiger partial charge on any atom is 0.182 e. The molecule has 1 aromatic heterocycles. The van der Waals surface area contributed by atoms with Crippen LogP contribution in [0.4, 0.5) is 5.13 Å². The number of nitrogens with one attached hydrogen (secondary N) is 1. The standard InChI is InChI=1S/C7H12N2S/c1-5(2)6-4-10-7(8-3)9-6/h4-5H,1-3H3,(H,8,9). The molecule has 0 bridgehead atoms. The summed E-state index contributed by atoms with van der Waals surface area (Å²) in [6.45, 7) is 4.29. The van der Waals surface area contributed by atoms with Gasteiger partial charge in [-0.05, 0) is 5.92 Å². The van der Waals surface area contributed by atoms with E-state index in [4.69, 9.17) is 0 Å². The molecule has 0 aliphatic heterocycles. The molecule has 2 nitrogen and oxygen atoms in total. The van der Waals surface area contributed by atoms with Crippen molar-refractivity contribution in [1.82, 2.24) is 4.98 Å². The highest BCUT2D eigenvalue weighted by atomic mass is 32.1. The van der Waals surface area contributed by atoms with Crippen molar-refractivity contribution in [2.24, 2.45) is 0 Å². The van der Waals surface area contributed by atoms with Gasteiger partial charge in [0.05, 0.1) is 5.69 Å². The average molecular weight is 156 g/mol. The fourth-order valence-electron chi connectivity index (χ4n) is 0.666. The van der Waals surface area contributed by atoms with E-state index in [1.54, 1.807) is 11.3 Å². The second-order valence-electron chi connectivity index (χ2n) is 2.48. The molecule has 1 N–H and O–H groups in total. The van der Waals surface area contributed by atoms with Crippen molar-refractivity contribution in [3.63, 3.8) is 0 Å². The Morgan fingerprint density at radius 2 is 2.30 bits per heavy atom. The highest BCUT2D eigenvalue weighted by Crippen LogP contribution is 2.20. The third-order valence-electron chi connectivity index (χ3n) is 1.33. The summed E-state index contributed by atoms with van der Waals surface area (Å²) in [5.74, 6) is 0.540. The maximum atomic E-state index is 4.34. The van der Waals surface area contributed by atoms with Crippen LogP contribution in [-0.2, 0) is 0 Å². The van der Waals surface area contributed by atoms with Gasteiger partial charge in [0.25, 0.3) is 0 Å². The number of rotatable bonds is 2. The zero-order valence-electron chi connectivity index (χ0n) is 6.51. The molecule has 56 valence electrons. The first-order valence-corrected chi connectivity index (χ1v) is 4.25. The van der Waals surface area contributed by atoms with Crippen molar-refractivity contribution in [2.45, 2.75) is 19.8 Å². The van der Waals surface area contributed by atoms with Gasteiger partial charge in [-0.15, -0.1) is 11.3 Å². The molecule has 3 heteroatoms. The Hall–Kier alpha value is -0.570. The van der Waals surface area contributed by atoms with E-state index >= 15 is 0 Å². The SMILES string of the molecule is CNc1nc(C(C)C)cs1. The van der Waals surface area contributed by atoms with Gasteiger partial charge in [-0.3, -0.25) is 0 Å². The second-order valence-corrected chi connectivity index (χ2v) is 3.34. The third-order valence-corrected chi connectivity index (χ3v) is 2.21. The Kier molecular flexibility index (Phi) is 2.27. The highest BCUT2D eigenvalue weighted by molar-refractivity contribution is 7.13. The van der Waals surface area contributed by atoms with Crippen molar-refractivity contribution >= 4 is 16.5 Å². The first kappa shape index (κ1) is 7.54. The lowest BCUT2D eigenvalue weighted by Gasteiger charge is -1.96. The van der Waals surface area contributed by atoms with Crippen LogP contribution in [0.15, 0.2) is 5.38 Å². The zero-order valence-corrected chi connectivity index (χ0v) is 7.33. The van der Waals surface area contributed by atoms with E-state index in [1.165, 1.54) is 5.69 Å². The molecule has 1 aromatic rings. The molecule has 0 amide bonds. The van der Waals surface area contributed by atoms with Crippen LogP contribution in [0.2, 0.25) is 0 Å². The monoisotopic (exact) mass is 156 g/mol. The third kappa shape index (κ3) is 1.48. The Bertz CT molecular complexity index is 205. The second kappa shape index (κ2) is 3.01. The normalized spacial score (nSPS) is 10.4. The molecule has 0 fully saturated rings. The molecule has 0 unspecified atom stereocenters. The Labute approximate surface area is 65.3 Å². The molecule has 0 aliphatic carbocycles. The van der Waals surface area contributed by atoms with E-state index in [-0.39, 0.29) is 0 Å². The van der Waals surface area contributed by atoms with Gasteiger partial charge in [-0.2, -0.15) is 0 Å². The van der Waals surface area contributed by atoms with Gasteiger partial charge < -0.3 is 5.32 Å². The molecule has 1 rings (SSSR count). The molecule has 0 saturated carbocycles. The summed E-state index contributed by atoms with van der Waals surface area (Å²) in [5.41, 5.74) is 1.18. The number of anilines is 1. The molecule has 0 aromatic carbocycles. The van der Waals surface area contributed by atoms with Crippen LogP contribution in [0.25, 0.3) is 0 Å². The van der Waals surface area contributed by atoms with E-state index in [1.807, 2.05) is 7.05 Å². The summed E-state index contributed by atoms with van der Waals surface area (Å²) >= 11 is 1.66. The molecular formula is C7H12N2S. The lowest BCUT2D eigenvalue weighted by molar-refractivity contribution is 0.834. The molecular weight excluding hydrogens is 144 g/mol. The number of hydrogen-bond donors (Lipinski definition) is 1.